The van der Waals surface area contributed by atoms with E-state index in [2.05, 4.69) is 0 Å². The van der Waals surface area contributed by atoms with Crippen molar-refractivity contribution in [3.05, 3.63) is 0 Å². The first-order valence-corrected chi connectivity index (χ1v) is 8.05. The molecule has 0 aromatic carbocycles. The molecule has 1 aliphatic heterocycles. The molecule has 8 heteroatoms. The average Bonchev–Trinajstić information content (AvgIpc) is 2.88. The van der Waals surface area contributed by atoms with Crippen LogP contribution in [0.3, 0.4) is 0 Å². The van der Waals surface area contributed by atoms with Crippen molar-refractivity contribution in [2.45, 2.75) is 38.5 Å². The number of carboxylic acid groups (broad SMARTS) is 1. The molecule has 0 aromatic heterocycles. The van der Waals surface area contributed by atoms with Gasteiger partial charge in [-0.05, 0) is 6.42 Å². The Morgan fingerprint density at radius 2 is 1.95 bits per heavy atom. The fraction of sp³-hybridized carbons (Fsp3) is 0.786. The van der Waals surface area contributed by atoms with Crippen LogP contribution in [-0.4, -0.2) is 65.3 Å². The number of nitrogens with zero attached hydrogens (tertiary/aromatic N) is 1. The molecule has 0 aliphatic carbocycles. The summed E-state index contributed by atoms with van der Waals surface area (Å²) in [5.41, 5.74) is 0. The fourth-order valence-corrected chi connectivity index (χ4v) is 3.30. The molecule has 0 spiro atoms. The Labute approximate surface area is 134 Å². The van der Waals surface area contributed by atoms with Gasteiger partial charge in [0.15, 0.2) is 10.9 Å². The molecule has 1 heterocycles. The van der Waals surface area contributed by atoms with Gasteiger partial charge >= 0.3 is 5.97 Å². The number of carbonyl (C=O) groups is 3. The molecule has 126 valence electrons. The molecule has 22 heavy (non-hydrogen) atoms. The van der Waals surface area contributed by atoms with Crippen molar-refractivity contribution in [2.24, 2.45) is 5.92 Å². The van der Waals surface area contributed by atoms with Gasteiger partial charge in [0, 0.05) is 39.2 Å². The third-order valence-corrected chi connectivity index (χ3v) is 4.91. The summed E-state index contributed by atoms with van der Waals surface area (Å²) in [5.74, 6) is -2.51. The first kappa shape index (κ1) is 18.9. The van der Waals surface area contributed by atoms with E-state index in [-0.39, 0.29) is 24.0 Å². The highest BCUT2D eigenvalue weighted by Gasteiger charge is 2.50. The average molecular weight is 333 g/mol. The number of thioether (sulfide) groups is 1. The van der Waals surface area contributed by atoms with Crippen LogP contribution < -0.4 is 0 Å². The Morgan fingerprint density at radius 3 is 2.36 bits per heavy atom. The van der Waals surface area contributed by atoms with Crippen LogP contribution >= 0.6 is 11.8 Å². The SMILES string of the molecule is CC[C@H](CSC(C)=O)C(=O)N1CC(OC)(OC)C[C@H]1C(=O)O. The van der Waals surface area contributed by atoms with Gasteiger partial charge in [-0.1, -0.05) is 18.7 Å². The van der Waals surface area contributed by atoms with Crippen LogP contribution in [0.25, 0.3) is 0 Å². The summed E-state index contributed by atoms with van der Waals surface area (Å²) < 4.78 is 10.6. The van der Waals surface area contributed by atoms with Crippen LogP contribution in [0.4, 0.5) is 0 Å². The van der Waals surface area contributed by atoms with E-state index < -0.39 is 23.7 Å². The van der Waals surface area contributed by atoms with Crippen LogP contribution in [0.15, 0.2) is 0 Å². The predicted octanol–water partition coefficient (Wildman–Crippen LogP) is 0.967. The molecule has 1 rings (SSSR count). The van der Waals surface area contributed by atoms with Crippen LogP contribution in [0.5, 0.6) is 0 Å². The molecule has 0 bridgehead atoms. The first-order chi connectivity index (χ1) is 10.3. The van der Waals surface area contributed by atoms with Gasteiger partial charge in [0.1, 0.15) is 6.04 Å². The summed E-state index contributed by atoms with van der Waals surface area (Å²) in [6.07, 6.45) is 0.617. The van der Waals surface area contributed by atoms with Crippen molar-refractivity contribution < 1.29 is 29.0 Å². The Morgan fingerprint density at radius 1 is 1.36 bits per heavy atom. The number of hydrogen-bond acceptors (Lipinski definition) is 6. The number of aliphatic carboxylic acids is 1. The topological polar surface area (TPSA) is 93.1 Å². The van der Waals surface area contributed by atoms with E-state index in [4.69, 9.17) is 9.47 Å². The lowest BCUT2D eigenvalue weighted by atomic mass is 10.1. The zero-order chi connectivity index (χ0) is 16.9. The molecule has 0 unspecified atom stereocenters. The van der Waals surface area contributed by atoms with Gasteiger partial charge in [-0.3, -0.25) is 9.59 Å². The predicted molar refractivity (Wildman–Crippen MR) is 81.4 cm³/mol. The van der Waals surface area contributed by atoms with Crippen LogP contribution in [0, 0.1) is 5.92 Å². The van der Waals surface area contributed by atoms with Crippen LogP contribution in [0.2, 0.25) is 0 Å². The lowest BCUT2D eigenvalue weighted by Gasteiger charge is -2.28. The minimum Gasteiger partial charge on any atom is -0.480 e. The van der Waals surface area contributed by atoms with Crippen molar-refractivity contribution in [3.63, 3.8) is 0 Å². The second-order valence-electron chi connectivity index (χ2n) is 5.25. The maximum Gasteiger partial charge on any atom is 0.326 e. The van der Waals surface area contributed by atoms with Crippen LogP contribution in [-0.2, 0) is 23.9 Å². The van der Waals surface area contributed by atoms with E-state index in [9.17, 15) is 19.5 Å². The van der Waals surface area contributed by atoms with Gasteiger partial charge in [-0.2, -0.15) is 0 Å². The van der Waals surface area contributed by atoms with E-state index >= 15 is 0 Å². The number of ether oxygens (including phenoxy) is 2. The number of likely N-dealkylation sites (tertiary alicyclic amines) is 1. The van der Waals surface area contributed by atoms with E-state index in [1.54, 1.807) is 0 Å². The molecule has 0 aromatic rings. The fourth-order valence-electron chi connectivity index (χ4n) is 2.49. The number of methoxy groups -OCH3 is 2. The zero-order valence-electron chi connectivity index (χ0n) is 13.3. The number of rotatable bonds is 7. The third kappa shape index (κ3) is 4.21. The number of carboxylic acids is 1. The molecule has 7 nitrogen and oxygen atoms in total. The summed E-state index contributed by atoms with van der Waals surface area (Å²) in [6.45, 7) is 3.35. The largest absolute Gasteiger partial charge is 0.480 e. The molecular weight excluding hydrogens is 310 g/mol. The highest BCUT2D eigenvalue weighted by molar-refractivity contribution is 8.13. The lowest BCUT2D eigenvalue weighted by molar-refractivity contribution is -0.197. The summed E-state index contributed by atoms with van der Waals surface area (Å²) in [4.78, 5) is 36.5. The molecule has 0 saturated carbocycles. The highest BCUT2D eigenvalue weighted by Crippen LogP contribution is 2.33. The molecule has 2 atom stereocenters. The monoisotopic (exact) mass is 333 g/mol. The van der Waals surface area contributed by atoms with E-state index in [1.165, 1.54) is 26.0 Å². The molecule has 0 radical (unpaired) electrons. The molecule has 1 amide bonds. The van der Waals surface area contributed by atoms with Gasteiger partial charge in [0.25, 0.3) is 0 Å². The lowest BCUT2D eigenvalue weighted by Crippen LogP contribution is -2.45. The second kappa shape index (κ2) is 7.94. The van der Waals surface area contributed by atoms with Crippen molar-refractivity contribution in [1.29, 1.82) is 0 Å². The maximum atomic E-state index is 12.7. The van der Waals surface area contributed by atoms with Gasteiger partial charge in [0.2, 0.25) is 5.91 Å². The summed E-state index contributed by atoms with van der Waals surface area (Å²) in [5, 5.41) is 9.30. The first-order valence-electron chi connectivity index (χ1n) is 7.07. The zero-order valence-corrected chi connectivity index (χ0v) is 14.1. The highest BCUT2D eigenvalue weighted by atomic mass is 32.2. The van der Waals surface area contributed by atoms with E-state index in [0.29, 0.717) is 12.2 Å². The van der Waals surface area contributed by atoms with E-state index in [0.717, 1.165) is 11.8 Å². The standard InChI is InChI=1S/C14H23NO6S/c1-5-10(7-22-9(2)16)12(17)15-8-14(20-3,21-4)6-11(15)13(18)19/h10-11H,5-8H2,1-4H3,(H,18,19)/t10-,11+/m1/s1. The molecule has 1 saturated heterocycles. The molecule has 1 N–H and O–H groups in total. The Hall–Kier alpha value is -1.12. The molecule has 1 fully saturated rings. The number of amides is 1. The van der Waals surface area contributed by atoms with Crippen molar-refractivity contribution in [1.82, 2.24) is 4.90 Å². The quantitative estimate of drug-likeness (QED) is 0.694. The Kier molecular flexibility index (Phi) is 6.83. The van der Waals surface area contributed by atoms with E-state index in [1.807, 2.05) is 6.92 Å². The summed E-state index contributed by atoms with van der Waals surface area (Å²) in [6, 6.07) is -0.983. The summed E-state index contributed by atoms with van der Waals surface area (Å²) >= 11 is 1.08. The molecule has 1 aliphatic rings. The van der Waals surface area contributed by atoms with Crippen molar-refractivity contribution in [3.8, 4) is 0 Å². The minimum absolute atomic E-state index is 0.0643. The second-order valence-corrected chi connectivity index (χ2v) is 6.45. The maximum absolute atomic E-state index is 12.7. The minimum atomic E-state index is -1.09. The Balaban J connectivity index is 2.92. The molecular formula is C14H23NO6S. The Bertz CT molecular complexity index is 437. The van der Waals surface area contributed by atoms with Gasteiger partial charge in [0.05, 0.1) is 6.54 Å². The van der Waals surface area contributed by atoms with Gasteiger partial charge in [-0.15, -0.1) is 0 Å². The normalized spacial score (nSPS) is 21.6. The van der Waals surface area contributed by atoms with Crippen molar-refractivity contribution >= 4 is 28.8 Å². The number of hydrogen-bond donors (Lipinski definition) is 1. The smallest absolute Gasteiger partial charge is 0.326 e. The number of carbonyl (C=O) groups excluding carboxylic acids is 2. The third-order valence-electron chi connectivity index (χ3n) is 3.93. The van der Waals surface area contributed by atoms with Crippen molar-refractivity contribution in [2.75, 3.05) is 26.5 Å². The van der Waals surface area contributed by atoms with Crippen LogP contribution in [0.1, 0.15) is 26.7 Å². The summed E-state index contributed by atoms with van der Waals surface area (Å²) in [7, 11) is 2.86. The van der Waals surface area contributed by atoms with Gasteiger partial charge < -0.3 is 19.5 Å². The van der Waals surface area contributed by atoms with Gasteiger partial charge in [-0.25, -0.2) is 4.79 Å².